The maximum absolute atomic E-state index is 11.7. The number of nitrogens with one attached hydrogen (secondary N) is 1. The van der Waals surface area contributed by atoms with E-state index in [1.165, 1.54) is 25.7 Å². The molecule has 1 aliphatic rings. The Hall–Kier alpha value is -0.610. The Morgan fingerprint density at radius 2 is 1.95 bits per heavy atom. The normalized spacial score (nSPS) is 26.8. The van der Waals surface area contributed by atoms with Gasteiger partial charge in [-0.25, -0.2) is 0 Å². The lowest BCUT2D eigenvalue weighted by atomic mass is 9.76. The first kappa shape index (κ1) is 17.4. The van der Waals surface area contributed by atoms with Gasteiger partial charge in [0.05, 0.1) is 0 Å². The third kappa shape index (κ3) is 4.74. The summed E-state index contributed by atoms with van der Waals surface area (Å²) < 4.78 is 0. The van der Waals surface area contributed by atoms with Gasteiger partial charge in [-0.1, -0.05) is 13.8 Å². The molecule has 3 N–H and O–H groups in total. The van der Waals surface area contributed by atoms with E-state index < -0.39 is 0 Å². The van der Waals surface area contributed by atoms with Gasteiger partial charge in [-0.05, 0) is 51.5 Å². The molecule has 20 heavy (non-hydrogen) atoms. The molecule has 1 rings (SSSR count). The highest BCUT2D eigenvalue weighted by Gasteiger charge is 2.37. The van der Waals surface area contributed by atoms with Gasteiger partial charge in [-0.15, -0.1) is 0 Å². The average molecular weight is 283 g/mol. The van der Waals surface area contributed by atoms with E-state index >= 15 is 0 Å². The minimum Gasteiger partial charge on any atom is -0.356 e. The molecule has 0 aromatic rings. The molecule has 1 aliphatic carbocycles. The molecule has 0 atom stereocenters. The van der Waals surface area contributed by atoms with Crippen LogP contribution in [0, 0.1) is 5.92 Å². The maximum Gasteiger partial charge on any atom is 0.221 e. The van der Waals surface area contributed by atoms with Gasteiger partial charge in [0.25, 0.3) is 0 Å². The van der Waals surface area contributed by atoms with E-state index in [1.54, 1.807) is 0 Å². The molecule has 0 aromatic heterocycles. The number of carbonyl (C=O) groups is 1. The zero-order valence-electron chi connectivity index (χ0n) is 13.6. The monoisotopic (exact) mass is 283 g/mol. The van der Waals surface area contributed by atoms with Crippen molar-refractivity contribution < 1.29 is 4.79 Å². The molecule has 0 heterocycles. The molecule has 4 heteroatoms. The number of hydrogen-bond donors (Lipinski definition) is 2. The van der Waals surface area contributed by atoms with Gasteiger partial charge in [0.15, 0.2) is 0 Å². The lowest BCUT2D eigenvalue weighted by molar-refractivity contribution is -0.121. The summed E-state index contributed by atoms with van der Waals surface area (Å²) in [4.78, 5) is 14.2. The van der Waals surface area contributed by atoms with Crippen LogP contribution in [0.4, 0.5) is 0 Å². The first-order chi connectivity index (χ1) is 9.57. The van der Waals surface area contributed by atoms with E-state index in [4.69, 9.17) is 5.73 Å². The predicted octanol–water partition coefficient (Wildman–Crippen LogP) is 2.13. The minimum atomic E-state index is 0.134. The van der Waals surface area contributed by atoms with Crippen molar-refractivity contribution in [3.05, 3.63) is 0 Å². The van der Waals surface area contributed by atoms with Crippen LogP contribution in [0.25, 0.3) is 0 Å². The number of amides is 1. The highest BCUT2D eigenvalue weighted by Crippen LogP contribution is 2.36. The molecule has 0 aliphatic heterocycles. The third-order valence-corrected chi connectivity index (χ3v) is 4.73. The van der Waals surface area contributed by atoms with Crippen molar-refractivity contribution in [2.45, 2.75) is 64.8 Å². The van der Waals surface area contributed by atoms with Gasteiger partial charge < -0.3 is 11.1 Å². The van der Waals surface area contributed by atoms with Crippen molar-refractivity contribution in [2.75, 3.05) is 26.2 Å². The van der Waals surface area contributed by atoms with E-state index in [9.17, 15) is 4.79 Å². The van der Waals surface area contributed by atoms with Crippen LogP contribution in [0.1, 0.15) is 59.3 Å². The number of nitrogens with two attached hydrogens (primary N) is 1. The number of hydrogen-bond acceptors (Lipinski definition) is 3. The Morgan fingerprint density at radius 1 is 1.30 bits per heavy atom. The van der Waals surface area contributed by atoms with Gasteiger partial charge in [-0.3, -0.25) is 9.69 Å². The van der Waals surface area contributed by atoms with Crippen LogP contribution in [0.5, 0.6) is 0 Å². The van der Waals surface area contributed by atoms with Gasteiger partial charge in [-0.2, -0.15) is 0 Å². The summed E-state index contributed by atoms with van der Waals surface area (Å²) in [6.45, 7) is 9.82. The fourth-order valence-corrected chi connectivity index (χ4v) is 3.33. The van der Waals surface area contributed by atoms with E-state index in [0.29, 0.717) is 13.0 Å². The summed E-state index contributed by atoms with van der Waals surface area (Å²) in [5.41, 5.74) is 6.27. The standard InChI is InChI=1S/C16H33N3O/c1-4-11-19(12-8-15(20)18-5-2)16(13-17)9-6-14(3)7-10-16/h14H,4-13,17H2,1-3H3,(H,18,20). The van der Waals surface area contributed by atoms with Crippen LogP contribution in [-0.4, -0.2) is 42.5 Å². The van der Waals surface area contributed by atoms with Crippen LogP contribution < -0.4 is 11.1 Å². The molecule has 0 unspecified atom stereocenters. The number of nitrogens with zero attached hydrogens (tertiary/aromatic N) is 1. The molecule has 0 aromatic carbocycles. The van der Waals surface area contributed by atoms with Crippen LogP contribution in [-0.2, 0) is 4.79 Å². The van der Waals surface area contributed by atoms with Crippen molar-refractivity contribution >= 4 is 5.91 Å². The van der Waals surface area contributed by atoms with E-state index in [2.05, 4.69) is 24.1 Å². The Morgan fingerprint density at radius 3 is 2.45 bits per heavy atom. The van der Waals surface area contributed by atoms with Crippen LogP contribution in [0.2, 0.25) is 0 Å². The highest BCUT2D eigenvalue weighted by molar-refractivity contribution is 5.75. The smallest absolute Gasteiger partial charge is 0.221 e. The summed E-state index contributed by atoms with van der Waals surface area (Å²) in [7, 11) is 0. The minimum absolute atomic E-state index is 0.134. The SMILES string of the molecule is CCCN(CCC(=O)NCC)C1(CN)CCC(C)CC1. The summed E-state index contributed by atoms with van der Waals surface area (Å²) in [6.07, 6.45) is 6.59. The summed E-state index contributed by atoms with van der Waals surface area (Å²) in [5.74, 6) is 0.978. The summed E-state index contributed by atoms with van der Waals surface area (Å²) >= 11 is 0. The second kappa shape index (κ2) is 8.63. The van der Waals surface area contributed by atoms with Crippen molar-refractivity contribution in [3.8, 4) is 0 Å². The van der Waals surface area contributed by atoms with Crippen molar-refractivity contribution in [3.63, 3.8) is 0 Å². The zero-order valence-corrected chi connectivity index (χ0v) is 13.6. The van der Waals surface area contributed by atoms with Gasteiger partial charge in [0.1, 0.15) is 0 Å². The quantitative estimate of drug-likeness (QED) is 0.717. The zero-order chi connectivity index (χ0) is 15.0. The number of rotatable bonds is 8. The van der Waals surface area contributed by atoms with Crippen LogP contribution in [0.3, 0.4) is 0 Å². The van der Waals surface area contributed by atoms with Gasteiger partial charge in [0, 0.05) is 31.6 Å². The van der Waals surface area contributed by atoms with E-state index in [1.807, 2.05) is 6.92 Å². The lowest BCUT2D eigenvalue weighted by Gasteiger charge is -2.47. The van der Waals surface area contributed by atoms with Crippen molar-refractivity contribution in [1.29, 1.82) is 0 Å². The first-order valence-corrected chi connectivity index (χ1v) is 8.29. The van der Waals surface area contributed by atoms with Crippen molar-refractivity contribution in [1.82, 2.24) is 10.2 Å². The van der Waals surface area contributed by atoms with E-state index in [0.717, 1.165) is 32.0 Å². The van der Waals surface area contributed by atoms with Crippen molar-refractivity contribution in [2.24, 2.45) is 11.7 Å². The molecule has 0 spiro atoms. The predicted molar refractivity (Wildman–Crippen MR) is 84.6 cm³/mol. The molecular formula is C16H33N3O. The second-order valence-electron chi connectivity index (χ2n) is 6.30. The Balaban J connectivity index is 2.64. The Bertz CT molecular complexity index is 285. The maximum atomic E-state index is 11.7. The van der Waals surface area contributed by atoms with Crippen LogP contribution >= 0.6 is 0 Å². The van der Waals surface area contributed by atoms with E-state index in [-0.39, 0.29) is 11.4 Å². The molecule has 1 amide bonds. The topological polar surface area (TPSA) is 58.4 Å². The largest absolute Gasteiger partial charge is 0.356 e. The number of carbonyl (C=O) groups excluding carboxylic acids is 1. The summed E-state index contributed by atoms with van der Waals surface area (Å²) in [5, 5.41) is 2.89. The Labute approximate surface area is 124 Å². The highest BCUT2D eigenvalue weighted by atomic mass is 16.1. The van der Waals surface area contributed by atoms with Gasteiger partial charge >= 0.3 is 0 Å². The molecule has 0 radical (unpaired) electrons. The Kier molecular flexibility index (Phi) is 7.52. The van der Waals surface area contributed by atoms with Crippen LogP contribution in [0.15, 0.2) is 0 Å². The fraction of sp³-hybridized carbons (Fsp3) is 0.938. The molecule has 1 saturated carbocycles. The third-order valence-electron chi connectivity index (χ3n) is 4.73. The second-order valence-corrected chi connectivity index (χ2v) is 6.30. The summed E-state index contributed by atoms with van der Waals surface area (Å²) in [6, 6.07) is 0. The molecule has 0 bridgehead atoms. The molecular weight excluding hydrogens is 250 g/mol. The lowest BCUT2D eigenvalue weighted by Crippen LogP contribution is -2.56. The first-order valence-electron chi connectivity index (χ1n) is 8.29. The van der Waals surface area contributed by atoms with Gasteiger partial charge in [0.2, 0.25) is 5.91 Å². The fourth-order valence-electron chi connectivity index (χ4n) is 3.33. The molecule has 1 fully saturated rings. The molecule has 0 saturated heterocycles. The molecule has 4 nitrogen and oxygen atoms in total. The molecule has 118 valence electrons. The average Bonchev–Trinajstić information content (AvgIpc) is 2.45.